The van der Waals surface area contributed by atoms with Crippen molar-refractivity contribution in [1.82, 2.24) is 0 Å². The molecule has 3 atom stereocenters. The van der Waals surface area contributed by atoms with Crippen LogP contribution in [0, 0.1) is 17.8 Å². The number of phenols is 1. The van der Waals surface area contributed by atoms with Crippen LogP contribution in [0.4, 0.5) is 0 Å². The number of methoxy groups -OCH3 is 1. The molecule has 0 saturated heterocycles. The average Bonchev–Trinajstić information content (AvgIpc) is 3.20. The van der Waals surface area contributed by atoms with E-state index < -0.39 is 5.79 Å². The van der Waals surface area contributed by atoms with E-state index in [4.69, 9.17) is 14.2 Å². The van der Waals surface area contributed by atoms with E-state index in [1.165, 1.54) is 12.0 Å². The molecule has 1 spiro atoms. The molecule has 1 saturated carbocycles. The fourth-order valence-corrected chi connectivity index (χ4v) is 5.80. The lowest BCUT2D eigenvalue weighted by molar-refractivity contribution is -0.292. The summed E-state index contributed by atoms with van der Waals surface area (Å²) in [4.78, 5) is 0. The predicted molar refractivity (Wildman–Crippen MR) is 128 cm³/mol. The normalized spacial score (nSPS) is 33.2. The van der Waals surface area contributed by atoms with E-state index in [9.17, 15) is 5.11 Å². The van der Waals surface area contributed by atoms with Crippen molar-refractivity contribution in [2.75, 3.05) is 7.11 Å². The summed E-state index contributed by atoms with van der Waals surface area (Å²) in [5.74, 6) is 1.37. The minimum atomic E-state index is -0.714. The number of rotatable bonds is 5. The van der Waals surface area contributed by atoms with Crippen LogP contribution in [0.1, 0.15) is 71.4 Å². The maximum atomic E-state index is 10.5. The molecule has 3 unspecified atom stereocenters. The summed E-state index contributed by atoms with van der Waals surface area (Å²) in [6, 6.07) is 3.76. The summed E-state index contributed by atoms with van der Waals surface area (Å²) in [5.41, 5.74) is 2.52. The van der Waals surface area contributed by atoms with Gasteiger partial charge in [-0.25, -0.2) is 0 Å². The zero-order valence-corrected chi connectivity index (χ0v) is 20.7. The largest absolute Gasteiger partial charge is 0.507 e. The van der Waals surface area contributed by atoms with Gasteiger partial charge in [0.1, 0.15) is 17.3 Å². The van der Waals surface area contributed by atoms with Crippen LogP contribution in [0.15, 0.2) is 47.8 Å². The SMILES string of the molecule is COc1cc(C)c(O)c(CC=C(C)CC2=CC3(C)CCCC3(C)C3(C=CC(C)(C)O3)O2)c1. The highest BCUT2D eigenvalue weighted by molar-refractivity contribution is 5.46. The number of ether oxygens (including phenoxy) is 3. The van der Waals surface area contributed by atoms with E-state index in [-0.39, 0.29) is 16.4 Å². The van der Waals surface area contributed by atoms with Gasteiger partial charge < -0.3 is 19.3 Å². The van der Waals surface area contributed by atoms with E-state index in [0.717, 1.165) is 41.9 Å². The molecule has 2 aliphatic heterocycles. The van der Waals surface area contributed by atoms with E-state index in [1.54, 1.807) is 7.11 Å². The van der Waals surface area contributed by atoms with Gasteiger partial charge in [0.05, 0.1) is 12.7 Å². The van der Waals surface area contributed by atoms with Crippen molar-refractivity contribution in [2.24, 2.45) is 10.8 Å². The number of hydrogen-bond donors (Lipinski definition) is 1. The second-order valence-electron chi connectivity index (χ2n) is 10.9. The average molecular weight is 439 g/mol. The molecular formula is C28H38O4. The van der Waals surface area contributed by atoms with Gasteiger partial charge in [-0.15, -0.1) is 0 Å². The Labute approximate surface area is 193 Å². The maximum absolute atomic E-state index is 10.5. The van der Waals surface area contributed by atoms with Crippen LogP contribution >= 0.6 is 0 Å². The van der Waals surface area contributed by atoms with Gasteiger partial charge >= 0.3 is 0 Å². The molecule has 0 bridgehead atoms. The molecule has 0 aromatic heterocycles. The van der Waals surface area contributed by atoms with Gasteiger partial charge in [0.25, 0.3) is 0 Å². The number of aryl methyl sites for hydroxylation is 1. The first-order chi connectivity index (χ1) is 14.9. The Bertz CT molecular complexity index is 1000. The number of aromatic hydroxyl groups is 1. The highest BCUT2D eigenvalue weighted by Gasteiger charge is 2.66. The number of phenolic OH excluding ortho intramolecular Hbond substituents is 1. The Morgan fingerprint density at radius 3 is 2.56 bits per heavy atom. The summed E-state index contributed by atoms with van der Waals surface area (Å²) >= 11 is 0. The molecule has 0 amide bonds. The third-order valence-electron chi connectivity index (χ3n) is 8.00. The summed E-state index contributed by atoms with van der Waals surface area (Å²) in [7, 11) is 1.65. The van der Waals surface area contributed by atoms with Crippen molar-refractivity contribution in [3.05, 3.63) is 58.9 Å². The standard InChI is InChI=1S/C28H38O4/c1-19(9-10-21-17-22(30-7)16-20(2)24(21)29)15-23-18-26(5)11-8-12-27(26,6)28(31-23)14-13-25(3,4)32-28/h9,13-14,16-18,29H,8,10-12,15H2,1-7H3. The molecule has 32 heavy (non-hydrogen) atoms. The molecule has 2 heterocycles. The van der Waals surface area contributed by atoms with Gasteiger partial charge in [0.15, 0.2) is 0 Å². The number of benzene rings is 1. The molecule has 1 aromatic carbocycles. The lowest BCUT2D eigenvalue weighted by Crippen LogP contribution is -2.57. The van der Waals surface area contributed by atoms with Crippen LogP contribution in [0.25, 0.3) is 0 Å². The molecule has 1 aliphatic carbocycles. The fraction of sp³-hybridized carbons (Fsp3) is 0.571. The zero-order valence-electron chi connectivity index (χ0n) is 20.7. The third-order valence-corrected chi connectivity index (χ3v) is 8.00. The molecule has 1 aromatic rings. The van der Waals surface area contributed by atoms with Gasteiger partial charge in [-0.05, 0) is 76.8 Å². The molecule has 4 heteroatoms. The first-order valence-electron chi connectivity index (χ1n) is 11.8. The van der Waals surface area contributed by atoms with Crippen molar-refractivity contribution in [3.8, 4) is 11.5 Å². The Morgan fingerprint density at radius 2 is 1.91 bits per heavy atom. The first kappa shape index (κ1) is 23.0. The van der Waals surface area contributed by atoms with E-state index in [1.807, 2.05) is 19.1 Å². The molecule has 1 N–H and O–H groups in total. The zero-order chi connectivity index (χ0) is 23.4. The Kier molecular flexibility index (Phi) is 5.52. The Balaban J connectivity index is 1.58. The van der Waals surface area contributed by atoms with Crippen molar-refractivity contribution in [1.29, 1.82) is 0 Å². The summed E-state index contributed by atoms with van der Waals surface area (Å²) in [6.07, 6.45) is 13.6. The number of hydrogen-bond acceptors (Lipinski definition) is 4. The monoisotopic (exact) mass is 438 g/mol. The molecule has 0 radical (unpaired) electrons. The lowest BCUT2D eigenvalue weighted by atomic mass is 9.61. The second kappa shape index (κ2) is 7.69. The smallest absolute Gasteiger partial charge is 0.236 e. The third kappa shape index (κ3) is 3.67. The predicted octanol–water partition coefficient (Wildman–Crippen LogP) is 6.76. The van der Waals surface area contributed by atoms with E-state index in [0.29, 0.717) is 12.2 Å². The summed E-state index contributed by atoms with van der Waals surface area (Å²) < 4.78 is 18.7. The number of fused-ring (bicyclic) bond motifs is 2. The second-order valence-corrected chi connectivity index (χ2v) is 10.9. The van der Waals surface area contributed by atoms with Crippen LogP contribution in [0.5, 0.6) is 11.5 Å². The molecule has 174 valence electrons. The number of allylic oxidation sites excluding steroid dienone is 3. The van der Waals surface area contributed by atoms with Crippen molar-refractivity contribution < 1.29 is 19.3 Å². The van der Waals surface area contributed by atoms with Crippen LogP contribution in [0.3, 0.4) is 0 Å². The molecule has 1 fully saturated rings. The van der Waals surface area contributed by atoms with Crippen molar-refractivity contribution in [3.63, 3.8) is 0 Å². The van der Waals surface area contributed by atoms with Gasteiger partial charge in [0.2, 0.25) is 5.79 Å². The molecule has 4 nitrogen and oxygen atoms in total. The van der Waals surface area contributed by atoms with Crippen molar-refractivity contribution >= 4 is 0 Å². The van der Waals surface area contributed by atoms with Crippen molar-refractivity contribution in [2.45, 2.75) is 85.0 Å². The van der Waals surface area contributed by atoms with E-state index >= 15 is 0 Å². The Hall–Kier alpha value is -2.20. The topological polar surface area (TPSA) is 47.9 Å². The van der Waals surface area contributed by atoms with Gasteiger partial charge in [0, 0.05) is 22.8 Å². The molecule has 4 rings (SSSR count). The van der Waals surface area contributed by atoms with Crippen LogP contribution in [-0.4, -0.2) is 23.6 Å². The summed E-state index contributed by atoms with van der Waals surface area (Å²) in [5, 5.41) is 10.5. The molecular weight excluding hydrogens is 400 g/mol. The summed E-state index contributed by atoms with van der Waals surface area (Å²) in [6.45, 7) is 12.9. The van der Waals surface area contributed by atoms with Gasteiger partial charge in [-0.2, -0.15) is 0 Å². The van der Waals surface area contributed by atoms with E-state index in [2.05, 4.69) is 58.9 Å². The molecule has 3 aliphatic rings. The highest BCUT2D eigenvalue weighted by atomic mass is 16.7. The highest BCUT2D eigenvalue weighted by Crippen LogP contribution is 2.66. The maximum Gasteiger partial charge on any atom is 0.236 e. The lowest BCUT2D eigenvalue weighted by Gasteiger charge is -2.54. The quantitative estimate of drug-likeness (QED) is 0.516. The van der Waals surface area contributed by atoms with Gasteiger partial charge in [-0.1, -0.05) is 38.0 Å². The van der Waals surface area contributed by atoms with Crippen LogP contribution in [0.2, 0.25) is 0 Å². The fourth-order valence-electron chi connectivity index (χ4n) is 5.80. The minimum absolute atomic E-state index is 0.0355. The Morgan fingerprint density at radius 1 is 1.16 bits per heavy atom. The van der Waals surface area contributed by atoms with Crippen LogP contribution in [-0.2, 0) is 15.9 Å². The van der Waals surface area contributed by atoms with Crippen LogP contribution < -0.4 is 4.74 Å². The van der Waals surface area contributed by atoms with Gasteiger partial charge in [-0.3, -0.25) is 0 Å². The minimum Gasteiger partial charge on any atom is -0.507 e. The first-order valence-corrected chi connectivity index (χ1v) is 11.8.